The first-order chi connectivity index (χ1) is 9.61. The number of hydrogen-bond acceptors (Lipinski definition) is 4. The Labute approximate surface area is 121 Å². The van der Waals surface area contributed by atoms with Gasteiger partial charge in [-0.2, -0.15) is 0 Å². The third-order valence-electron chi connectivity index (χ3n) is 2.51. The SMILES string of the molecule is Cc1ncoc1C(=O)Nc1ccc(Cl)cc1C#CCN. The fourth-order valence-corrected chi connectivity index (χ4v) is 1.75. The molecule has 2 aromatic rings. The van der Waals surface area contributed by atoms with Crippen molar-refractivity contribution >= 4 is 23.2 Å². The molecule has 0 aliphatic rings. The van der Waals surface area contributed by atoms with E-state index in [1.165, 1.54) is 6.39 Å². The Kier molecular flexibility index (Phi) is 4.41. The van der Waals surface area contributed by atoms with Crippen LogP contribution in [0.1, 0.15) is 21.8 Å². The molecule has 102 valence electrons. The van der Waals surface area contributed by atoms with Gasteiger partial charge in [0.2, 0.25) is 5.76 Å². The molecule has 0 bridgehead atoms. The van der Waals surface area contributed by atoms with Crippen LogP contribution in [0, 0.1) is 18.8 Å². The molecule has 1 amide bonds. The summed E-state index contributed by atoms with van der Waals surface area (Å²) in [6, 6.07) is 5.00. The first kappa shape index (κ1) is 14.1. The highest BCUT2D eigenvalue weighted by Gasteiger charge is 2.15. The van der Waals surface area contributed by atoms with Gasteiger partial charge in [-0.1, -0.05) is 23.4 Å². The first-order valence-electron chi connectivity index (χ1n) is 5.81. The van der Waals surface area contributed by atoms with E-state index in [0.717, 1.165) is 0 Å². The number of aryl methyl sites for hydroxylation is 1. The molecule has 0 fully saturated rings. The molecule has 2 rings (SSSR count). The molecule has 0 radical (unpaired) electrons. The minimum Gasteiger partial charge on any atom is -0.438 e. The minimum atomic E-state index is -0.391. The molecule has 20 heavy (non-hydrogen) atoms. The van der Waals surface area contributed by atoms with Crippen molar-refractivity contribution in [2.75, 3.05) is 11.9 Å². The van der Waals surface area contributed by atoms with Crippen molar-refractivity contribution in [3.8, 4) is 11.8 Å². The van der Waals surface area contributed by atoms with Gasteiger partial charge in [0.25, 0.3) is 5.91 Å². The molecule has 0 aliphatic heterocycles. The summed E-state index contributed by atoms with van der Waals surface area (Å²) in [5, 5.41) is 3.24. The van der Waals surface area contributed by atoms with Gasteiger partial charge >= 0.3 is 0 Å². The number of hydrogen-bond donors (Lipinski definition) is 2. The zero-order valence-corrected chi connectivity index (χ0v) is 11.5. The third-order valence-corrected chi connectivity index (χ3v) is 2.74. The lowest BCUT2D eigenvalue weighted by atomic mass is 10.1. The van der Waals surface area contributed by atoms with E-state index in [0.29, 0.717) is 22.0 Å². The second kappa shape index (κ2) is 6.24. The Balaban J connectivity index is 2.29. The van der Waals surface area contributed by atoms with Crippen LogP contribution in [0.3, 0.4) is 0 Å². The van der Waals surface area contributed by atoms with Crippen LogP contribution >= 0.6 is 11.6 Å². The smallest absolute Gasteiger partial charge is 0.293 e. The highest BCUT2D eigenvalue weighted by molar-refractivity contribution is 6.30. The largest absolute Gasteiger partial charge is 0.438 e. The number of nitrogens with two attached hydrogens (primary N) is 1. The molecule has 0 atom stereocenters. The number of benzene rings is 1. The summed E-state index contributed by atoms with van der Waals surface area (Å²) in [5.74, 6) is 5.36. The normalized spacial score (nSPS) is 9.75. The maximum absolute atomic E-state index is 12.1. The van der Waals surface area contributed by atoms with Crippen LogP contribution in [0.2, 0.25) is 5.02 Å². The predicted molar refractivity (Wildman–Crippen MR) is 76.6 cm³/mol. The molecular formula is C14H12ClN3O2. The Morgan fingerprint density at radius 1 is 1.55 bits per heavy atom. The maximum atomic E-state index is 12.1. The summed E-state index contributed by atoms with van der Waals surface area (Å²) in [7, 11) is 0. The van der Waals surface area contributed by atoms with E-state index in [-0.39, 0.29) is 12.3 Å². The number of carbonyl (C=O) groups is 1. The topological polar surface area (TPSA) is 81.2 Å². The molecule has 0 saturated carbocycles. The fraction of sp³-hybridized carbons (Fsp3) is 0.143. The summed E-state index contributed by atoms with van der Waals surface area (Å²) in [4.78, 5) is 15.9. The lowest BCUT2D eigenvalue weighted by Gasteiger charge is -2.06. The Hall–Kier alpha value is -2.29. The van der Waals surface area contributed by atoms with Crippen molar-refractivity contribution < 1.29 is 9.21 Å². The van der Waals surface area contributed by atoms with Crippen LogP contribution in [0.5, 0.6) is 0 Å². The lowest BCUT2D eigenvalue weighted by Crippen LogP contribution is -2.13. The summed E-state index contributed by atoms with van der Waals surface area (Å²) >= 11 is 5.92. The summed E-state index contributed by atoms with van der Waals surface area (Å²) in [5.41, 5.74) is 6.99. The average molecular weight is 290 g/mol. The molecule has 6 heteroatoms. The van der Waals surface area contributed by atoms with Crippen molar-refractivity contribution in [1.82, 2.24) is 4.98 Å². The molecule has 1 aromatic carbocycles. The van der Waals surface area contributed by atoms with E-state index >= 15 is 0 Å². The van der Waals surface area contributed by atoms with E-state index in [4.69, 9.17) is 21.8 Å². The molecule has 5 nitrogen and oxygen atoms in total. The van der Waals surface area contributed by atoms with E-state index in [9.17, 15) is 4.79 Å². The summed E-state index contributed by atoms with van der Waals surface area (Å²) in [6.45, 7) is 1.91. The van der Waals surface area contributed by atoms with Crippen LogP contribution in [-0.4, -0.2) is 17.4 Å². The zero-order valence-electron chi connectivity index (χ0n) is 10.7. The van der Waals surface area contributed by atoms with Gasteiger partial charge in [0.05, 0.1) is 17.9 Å². The highest BCUT2D eigenvalue weighted by Crippen LogP contribution is 2.21. The van der Waals surface area contributed by atoms with Gasteiger partial charge in [-0.05, 0) is 25.1 Å². The van der Waals surface area contributed by atoms with Gasteiger partial charge in [0, 0.05) is 10.6 Å². The van der Waals surface area contributed by atoms with Crippen LogP contribution in [0.4, 0.5) is 5.69 Å². The van der Waals surface area contributed by atoms with E-state index in [2.05, 4.69) is 22.1 Å². The minimum absolute atomic E-state index is 0.165. The van der Waals surface area contributed by atoms with Crippen LogP contribution in [0.15, 0.2) is 29.0 Å². The number of oxazole rings is 1. The number of aromatic nitrogens is 1. The molecule has 0 saturated heterocycles. The van der Waals surface area contributed by atoms with Crippen molar-refractivity contribution in [3.63, 3.8) is 0 Å². The number of rotatable bonds is 2. The highest BCUT2D eigenvalue weighted by atomic mass is 35.5. The summed E-state index contributed by atoms with van der Waals surface area (Å²) in [6.07, 6.45) is 1.22. The predicted octanol–water partition coefficient (Wildman–Crippen LogP) is 2.20. The molecular weight excluding hydrogens is 278 g/mol. The van der Waals surface area contributed by atoms with Crippen molar-refractivity contribution in [2.24, 2.45) is 5.73 Å². The molecule has 0 spiro atoms. The van der Waals surface area contributed by atoms with Gasteiger partial charge in [-0.15, -0.1) is 0 Å². The van der Waals surface area contributed by atoms with Crippen LogP contribution < -0.4 is 11.1 Å². The monoisotopic (exact) mass is 289 g/mol. The van der Waals surface area contributed by atoms with Crippen LogP contribution in [0.25, 0.3) is 0 Å². The Morgan fingerprint density at radius 3 is 3.00 bits per heavy atom. The van der Waals surface area contributed by atoms with Crippen molar-refractivity contribution in [1.29, 1.82) is 0 Å². The Morgan fingerprint density at radius 2 is 2.35 bits per heavy atom. The van der Waals surface area contributed by atoms with E-state index in [1.807, 2.05) is 0 Å². The summed E-state index contributed by atoms with van der Waals surface area (Å²) < 4.78 is 5.04. The van der Waals surface area contributed by atoms with Gasteiger partial charge < -0.3 is 15.5 Å². The standard InChI is InChI=1S/C14H12ClN3O2/c1-9-13(20-8-17-9)14(19)18-12-5-4-11(15)7-10(12)3-2-6-16/h4-5,7-8H,6,16H2,1H3,(H,18,19). The molecule has 0 aliphatic carbocycles. The number of anilines is 1. The fourth-order valence-electron chi connectivity index (χ4n) is 1.57. The zero-order chi connectivity index (χ0) is 14.5. The van der Waals surface area contributed by atoms with Crippen molar-refractivity contribution in [3.05, 3.63) is 46.6 Å². The Bertz CT molecular complexity index is 698. The third kappa shape index (κ3) is 3.18. The van der Waals surface area contributed by atoms with Gasteiger partial charge in [0.15, 0.2) is 6.39 Å². The van der Waals surface area contributed by atoms with Crippen molar-refractivity contribution in [2.45, 2.75) is 6.92 Å². The van der Waals surface area contributed by atoms with Gasteiger partial charge in [-0.25, -0.2) is 4.98 Å². The van der Waals surface area contributed by atoms with Gasteiger partial charge in [0.1, 0.15) is 0 Å². The molecule has 0 unspecified atom stereocenters. The number of amides is 1. The first-order valence-corrected chi connectivity index (χ1v) is 6.19. The quantitative estimate of drug-likeness (QED) is 0.831. The molecule has 1 heterocycles. The number of halogens is 1. The number of carbonyl (C=O) groups excluding carboxylic acids is 1. The van der Waals surface area contributed by atoms with E-state index < -0.39 is 5.91 Å². The second-order valence-corrected chi connectivity index (χ2v) is 4.35. The number of nitrogens with one attached hydrogen (secondary N) is 1. The maximum Gasteiger partial charge on any atom is 0.293 e. The molecule has 3 N–H and O–H groups in total. The molecule has 1 aromatic heterocycles. The van der Waals surface area contributed by atoms with Gasteiger partial charge in [-0.3, -0.25) is 4.79 Å². The number of nitrogens with zero attached hydrogens (tertiary/aromatic N) is 1. The average Bonchev–Trinajstić information content (AvgIpc) is 2.85. The lowest BCUT2D eigenvalue weighted by molar-refractivity contribution is 0.0996. The van der Waals surface area contributed by atoms with E-state index in [1.54, 1.807) is 25.1 Å². The van der Waals surface area contributed by atoms with Crippen LogP contribution in [-0.2, 0) is 0 Å². The second-order valence-electron chi connectivity index (χ2n) is 3.92.